The van der Waals surface area contributed by atoms with Crippen LogP contribution < -0.4 is 5.32 Å². The van der Waals surface area contributed by atoms with Crippen LogP contribution in [0, 0.1) is 5.41 Å². The summed E-state index contributed by atoms with van der Waals surface area (Å²) < 4.78 is 5.68. The van der Waals surface area contributed by atoms with Gasteiger partial charge in [0.15, 0.2) is 0 Å². The zero-order chi connectivity index (χ0) is 11.3. The summed E-state index contributed by atoms with van der Waals surface area (Å²) >= 11 is 0. The Hall–Kier alpha value is -0.0800. The lowest BCUT2D eigenvalue weighted by atomic mass is 9.87. The minimum Gasteiger partial charge on any atom is -0.378 e. The van der Waals surface area contributed by atoms with Gasteiger partial charge in [-0.3, -0.25) is 0 Å². The maximum Gasteiger partial charge on any atom is 0.0590 e. The molecule has 0 aliphatic carbocycles. The van der Waals surface area contributed by atoms with Crippen molar-refractivity contribution in [2.75, 3.05) is 13.7 Å². The molecular weight excluding hydrogens is 186 g/mol. The average molecular weight is 213 g/mol. The number of ether oxygens (including phenoxy) is 1. The van der Waals surface area contributed by atoms with E-state index in [2.05, 4.69) is 33.1 Å². The van der Waals surface area contributed by atoms with Gasteiger partial charge >= 0.3 is 0 Å². The topological polar surface area (TPSA) is 21.3 Å². The second-order valence-electron chi connectivity index (χ2n) is 5.96. The van der Waals surface area contributed by atoms with E-state index in [0.29, 0.717) is 17.6 Å². The van der Waals surface area contributed by atoms with Crippen LogP contribution >= 0.6 is 0 Å². The minimum absolute atomic E-state index is 0.450. The molecule has 0 amide bonds. The molecule has 0 saturated carbocycles. The van der Waals surface area contributed by atoms with Crippen LogP contribution in [0.4, 0.5) is 0 Å². The summed E-state index contributed by atoms with van der Waals surface area (Å²) in [5.74, 6) is 0. The van der Waals surface area contributed by atoms with Gasteiger partial charge in [-0.2, -0.15) is 0 Å². The maximum atomic E-state index is 5.68. The zero-order valence-corrected chi connectivity index (χ0v) is 10.8. The Balaban J connectivity index is 2.22. The molecule has 0 spiro atoms. The van der Waals surface area contributed by atoms with Gasteiger partial charge < -0.3 is 10.1 Å². The first-order valence-corrected chi connectivity index (χ1v) is 6.30. The number of hydrogen-bond acceptors (Lipinski definition) is 2. The van der Waals surface area contributed by atoms with Crippen LogP contribution in [0.3, 0.4) is 0 Å². The van der Waals surface area contributed by atoms with E-state index in [9.17, 15) is 0 Å². The Morgan fingerprint density at radius 1 is 1.40 bits per heavy atom. The minimum atomic E-state index is 0.450. The Labute approximate surface area is 94.8 Å². The van der Waals surface area contributed by atoms with Crippen molar-refractivity contribution < 1.29 is 4.74 Å². The van der Waals surface area contributed by atoms with Gasteiger partial charge in [0.2, 0.25) is 0 Å². The summed E-state index contributed by atoms with van der Waals surface area (Å²) in [6, 6.07) is 0.632. The summed E-state index contributed by atoms with van der Waals surface area (Å²) in [6.07, 6.45) is 6.76. The molecule has 2 unspecified atom stereocenters. The Morgan fingerprint density at radius 3 is 2.60 bits per heavy atom. The van der Waals surface area contributed by atoms with Gasteiger partial charge in [-0.25, -0.2) is 0 Å². The largest absolute Gasteiger partial charge is 0.378 e. The number of nitrogens with one attached hydrogen (secondary N) is 1. The Bertz CT molecular complexity index is 168. The monoisotopic (exact) mass is 213 g/mol. The molecule has 0 aromatic rings. The van der Waals surface area contributed by atoms with E-state index in [1.165, 1.54) is 32.1 Å². The molecule has 0 aromatic heterocycles. The fourth-order valence-electron chi connectivity index (χ4n) is 2.13. The number of hydrogen-bond donors (Lipinski definition) is 1. The van der Waals surface area contributed by atoms with Crippen LogP contribution in [0.2, 0.25) is 0 Å². The molecule has 1 heterocycles. The summed E-state index contributed by atoms with van der Waals surface area (Å²) in [5, 5.41) is 3.42. The molecule has 1 aliphatic rings. The molecule has 90 valence electrons. The smallest absolute Gasteiger partial charge is 0.0590 e. The van der Waals surface area contributed by atoms with Gasteiger partial charge in [0.1, 0.15) is 0 Å². The van der Waals surface area contributed by atoms with E-state index in [-0.39, 0.29) is 0 Å². The third-order valence-electron chi connectivity index (χ3n) is 3.22. The van der Waals surface area contributed by atoms with E-state index in [0.717, 1.165) is 6.61 Å². The molecule has 1 saturated heterocycles. The number of rotatable bonds is 5. The fraction of sp³-hybridized carbons (Fsp3) is 1.00. The summed E-state index contributed by atoms with van der Waals surface area (Å²) in [7, 11) is 2.07. The SMILES string of the molecule is CNC(CCC(C)(C)C)CC1CCCO1. The first kappa shape index (κ1) is 13.0. The zero-order valence-electron chi connectivity index (χ0n) is 10.8. The molecule has 0 radical (unpaired) electrons. The molecule has 0 aromatic carbocycles. The lowest BCUT2D eigenvalue weighted by molar-refractivity contribution is 0.0929. The van der Waals surface area contributed by atoms with Gasteiger partial charge in [0.25, 0.3) is 0 Å². The van der Waals surface area contributed by atoms with E-state index in [1.807, 2.05) is 0 Å². The highest BCUT2D eigenvalue weighted by molar-refractivity contribution is 4.76. The molecule has 2 nitrogen and oxygen atoms in total. The van der Waals surface area contributed by atoms with Crippen LogP contribution in [0.1, 0.15) is 52.9 Å². The molecule has 0 bridgehead atoms. The standard InChI is InChI=1S/C13H27NO/c1-13(2,3)8-7-11(14-4)10-12-6-5-9-15-12/h11-12,14H,5-10H2,1-4H3. The van der Waals surface area contributed by atoms with Crippen molar-refractivity contribution in [3.8, 4) is 0 Å². The summed E-state index contributed by atoms with van der Waals surface area (Å²) in [5.41, 5.74) is 0.450. The van der Waals surface area contributed by atoms with Crippen LogP contribution in [0.5, 0.6) is 0 Å². The molecule has 2 atom stereocenters. The normalized spacial score (nSPS) is 24.4. The molecule has 1 fully saturated rings. The third kappa shape index (κ3) is 5.53. The highest BCUT2D eigenvalue weighted by atomic mass is 16.5. The van der Waals surface area contributed by atoms with Crippen molar-refractivity contribution in [2.24, 2.45) is 5.41 Å². The highest BCUT2D eigenvalue weighted by Crippen LogP contribution is 2.24. The quantitative estimate of drug-likeness (QED) is 0.758. The molecule has 15 heavy (non-hydrogen) atoms. The molecule has 1 aliphatic heterocycles. The Morgan fingerprint density at radius 2 is 2.13 bits per heavy atom. The second kappa shape index (κ2) is 5.86. The van der Waals surface area contributed by atoms with Gasteiger partial charge in [0.05, 0.1) is 6.10 Å². The van der Waals surface area contributed by atoms with Crippen molar-refractivity contribution in [3.05, 3.63) is 0 Å². The third-order valence-corrected chi connectivity index (χ3v) is 3.22. The van der Waals surface area contributed by atoms with Gasteiger partial charge in [0, 0.05) is 12.6 Å². The van der Waals surface area contributed by atoms with E-state index in [4.69, 9.17) is 4.74 Å². The first-order chi connectivity index (χ1) is 7.01. The second-order valence-corrected chi connectivity index (χ2v) is 5.96. The van der Waals surface area contributed by atoms with Crippen LogP contribution in [0.15, 0.2) is 0 Å². The molecular formula is C13H27NO. The molecule has 1 rings (SSSR count). The van der Waals surface area contributed by atoms with Crippen molar-refractivity contribution in [1.82, 2.24) is 5.32 Å². The predicted molar refractivity (Wildman–Crippen MR) is 65.1 cm³/mol. The molecule has 2 heteroatoms. The van der Waals surface area contributed by atoms with Crippen molar-refractivity contribution >= 4 is 0 Å². The van der Waals surface area contributed by atoms with Crippen molar-refractivity contribution in [3.63, 3.8) is 0 Å². The maximum absolute atomic E-state index is 5.68. The van der Waals surface area contributed by atoms with Crippen LogP contribution in [-0.2, 0) is 4.74 Å². The fourth-order valence-corrected chi connectivity index (χ4v) is 2.13. The molecule has 1 N–H and O–H groups in total. The van der Waals surface area contributed by atoms with Crippen molar-refractivity contribution in [2.45, 2.75) is 65.0 Å². The Kier molecular flexibility index (Phi) is 5.07. The summed E-state index contributed by atoms with van der Waals surface area (Å²) in [6.45, 7) is 7.91. The van der Waals surface area contributed by atoms with Gasteiger partial charge in [-0.05, 0) is 44.6 Å². The van der Waals surface area contributed by atoms with E-state index in [1.54, 1.807) is 0 Å². The van der Waals surface area contributed by atoms with Gasteiger partial charge in [-0.1, -0.05) is 20.8 Å². The van der Waals surface area contributed by atoms with Crippen LogP contribution in [-0.4, -0.2) is 25.8 Å². The predicted octanol–water partition coefficient (Wildman–Crippen LogP) is 2.97. The lowest BCUT2D eigenvalue weighted by Gasteiger charge is -2.24. The van der Waals surface area contributed by atoms with Gasteiger partial charge in [-0.15, -0.1) is 0 Å². The van der Waals surface area contributed by atoms with Crippen molar-refractivity contribution in [1.29, 1.82) is 0 Å². The van der Waals surface area contributed by atoms with E-state index < -0.39 is 0 Å². The van der Waals surface area contributed by atoms with Crippen LogP contribution in [0.25, 0.3) is 0 Å². The highest BCUT2D eigenvalue weighted by Gasteiger charge is 2.21. The van der Waals surface area contributed by atoms with E-state index >= 15 is 0 Å². The lowest BCUT2D eigenvalue weighted by Crippen LogP contribution is -2.30. The average Bonchev–Trinajstić information content (AvgIpc) is 2.63. The first-order valence-electron chi connectivity index (χ1n) is 6.30. The summed E-state index contributed by atoms with van der Waals surface area (Å²) in [4.78, 5) is 0.